The van der Waals surface area contributed by atoms with Crippen LogP contribution in [-0.2, 0) is 0 Å². The summed E-state index contributed by atoms with van der Waals surface area (Å²) >= 11 is 6.08. The Morgan fingerprint density at radius 2 is 1.52 bits per heavy atom. The molecule has 0 aliphatic rings. The molecule has 0 bridgehead atoms. The molecule has 2 amide bonds. The van der Waals surface area contributed by atoms with Crippen LogP contribution in [0.15, 0.2) is 36.4 Å². The van der Waals surface area contributed by atoms with Crippen LogP contribution in [0, 0.1) is 0 Å². The standard InChI is InChI=1S/C20H23ClN2O4/c1-5-23(6-2)20(25)14-9-7-13(8-10-14)19(24)22-16-12-17(26-3)15(21)11-18(16)27-4/h7-12H,5-6H2,1-4H3,(H,22,24). The summed E-state index contributed by atoms with van der Waals surface area (Å²) in [5.74, 6) is 0.450. The minimum Gasteiger partial charge on any atom is -0.495 e. The van der Waals surface area contributed by atoms with E-state index in [1.165, 1.54) is 14.2 Å². The molecule has 2 aromatic carbocycles. The van der Waals surface area contributed by atoms with Crippen LogP contribution in [0.5, 0.6) is 11.5 Å². The highest BCUT2D eigenvalue weighted by Crippen LogP contribution is 2.36. The number of rotatable bonds is 7. The average Bonchev–Trinajstić information content (AvgIpc) is 2.69. The quantitative estimate of drug-likeness (QED) is 0.773. The first-order valence-electron chi connectivity index (χ1n) is 8.57. The molecule has 1 N–H and O–H groups in total. The third kappa shape index (κ3) is 4.71. The first-order chi connectivity index (χ1) is 12.9. The average molecular weight is 391 g/mol. The minimum absolute atomic E-state index is 0.0592. The topological polar surface area (TPSA) is 67.9 Å². The van der Waals surface area contributed by atoms with Crippen LogP contribution in [0.1, 0.15) is 34.6 Å². The largest absolute Gasteiger partial charge is 0.495 e. The fraction of sp³-hybridized carbons (Fsp3) is 0.300. The summed E-state index contributed by atoms with van der Waals surface area (Å²) in [6.45, 7) is 5.12. The van der Waals surface area contributed by atoms with Crippen molar-refractivity contribution in [3.8, 4) is 11.5 Å². The highest BCUT2D eigenvalue weighted by molar-refractivity contribution is 6.32. The number of nitrogens with zero attached hydrogens (tertiary/aromatic N) is 1. The van der Waals surface area contributed by atoms with Gasteiger partial charge in [-0.2, -0.15) is 0 Å². The molecule has 2 rings (SSSR count). The molecule has 0 unspecified atom stereocenters. The summed E-state index contributed by atoms with van der Waals surface area (Å²) in [5.41, 5.74) is 1.40. The van der Waals surface area contributed by atoms with E-state index in [0.29, 0.717) is 46.4 Å². The lowest BCUT2D eigenvalue weighted by Crippen LogP contribution is -2.30. The van der Waals surface area contributed by atoms with Crippen molar-refractivity contribution in [3.05, 3.63) is 52.5 Å². The van der Waals surface area contributed by atoms with Crippen molar-refractivity contribution in [2.45, 2.75) is 13.8 Å². The Kier molecular flexibility index (Phi) is 7.07. The molecule has 7 heteroatoms. The highest BCUT2D eigenvalue weighted by atomic mass is 35.5. The number of nitrogens with one attached hydrogen (secondary N) is 1. The number of hydrogen-bond donors (Lipinski definition) is 1. The Balaban J connectivity index is 2.21. The van der Waals surface area contributed by atoms with E-state index in [4.69, 9.17) is 21.1 Å². The number of ether oxygens (including phenoxy) is 2. The van der Waals surface area contributed by atoms with Crippen molar-refractivity contribution in [1.82, 2.24) is 4.90 Å². The molecule has 0 saturated heterocycles. The van der Waals surface area contributed by atoms with Gasteiger partial charge < -0.3 is 19.7 Å². The van der Waals surface area contributed by atoms with Gasteiger partial charge in [0.05, 0.1) is 24.9 Å². The molecule has 144 valence electrons. The minimum atomic E-state index is -0.334. The van der Waals surface area contributed by atoms with Crippen LogP contribution in [0.25, 0.3) is 0 Å². The summed E-state index contributed by atoms with van der Waals surface area (Å²) in [7, 11) is 2.98. The summed E-state index contributed by atoms with van der Waals surface area (Å²) in [4.78, 5) is 26.6. The summed E-state index contributed by atoms with van der Waals surface area (Å²) in [5, 5.41) is 3.16. The highest BCUT2D eigenvalue weighted by Gasteiger charge is 2.16. The molecule has 27 heavy (non-hydrogen) atoms. The number of methoxy groups -OCH3 is 2. The summed E-state index contributed by atoms with van der Waals surface area (Å²) in [6, 6.07) is 9.70. The summed E-state index contributed by atoms with van der Waals surface area (Å²) in [6.07, 6.45) is 0. The van der Waals surface area contributed by atoms with Gasteiger partial charge in [-0.15, -0.1) is 0 Å². The van der Waals surface area contributed by atoms with Gasteiger partial charge in [0.15, 0.2) is 0 Å². The molecule has 0 spiro atoms. The predicted molar refractivity (Wildman–Crippen MR) is 106 cm³/mol. The fourth-order valence-corrected chi connectivity index (χ4v) is 2.84. The first kappa shape index (κ1) is 20.6. The van der Waals surface area contributed by atoms with Crippen molar-refractivity contribution in [3.63, 3.8) is 0 Å². The van der Waals surface area contributed by atoms with E-state index >= 15 is 0 Å². The van der Waals surface area contributed by atoms with Crippen molar-refractivity contribution in [2.24, 2.45) is 0 Å². The van der Waals surface area contributed by atoms with Crippen molar-refractivity contribution in [2.75, 3.05) is 32.6 Å². The van der Waals surface area contributed by atoms with Crippen LogP contribution in [0.4, 0.5) is 5.69 Å². The smallest absolute Gasteiger partial charge is 0.255 e. The van der Waals surface area contributed by atoms with E-state index in [-0.39, 0.29) is 11.8 Å². The maximum Gasteiger partial charge on any atom is 0.255 e. The molecular formula is C20H23ClN2O4. The lowest BCUT2D eigenvalue weighted by molar-refractivity contribution is 0.0772. The SMILES string of the molecule is CCN(CC)C(=O)c1ccc(C(=O)Nc2cc(OC)c(Cl)cc2OC)cc1. The van der Waals surface area contributed by atoms with Crippen molar-refractivity contribution < 1.29 is 19.1 Å². The van der Waals surface area contributed by atoms with E-state index in [1.54, 1.807) is 41.3 Å². The molecule has 0 aromatic heterocycles. The molecule has 6 nitrogen and oxygen atoms in total. The molecule has 0 saturated carbocycles. The lowest BCUT2D eigenvalue weighted by atomic mass is 10.1. The molecule has 0 fully saturated rings. The number of carbonyl (C=O) groups excluding carboxylic acids is 2. The first-order valence-corrected chi connectivity index (χ1v) is 8.95. The maximum atomic E-state index is 12.6. The van der Waals surface area contributed by atoms with Gasteiger partial charge in [0.2, 0.25) is 0 Å². The van der Waals surface area contributed by atoms with Gasteiger partial charge in [-0.3, -0.25) is 9.59 Å². The zero-order chi connectivity index (χ0) is 20.0. The number of halogens is 1. The fourth-order valence-electron chi connectivity index (χ4n) is 2.61. The van der Waals surface area contributed by atoms with E-state index in [2.05, 4.69) is 5.32 Å². The second-order valence-electron chi connectivity index (χ2n) is 5.70. The van der Waals surface area contributed by atoms with E-state index in [9.17, 15) is 9.59 Å². The maximum absolute atomic E-state index is 12.6. The molecule has 0 aliphatic carbocycles. The molecule has 0 heterocycles. The van der Waals surface area contributed by atoms with E-state index in [0.717, 1.165) is 0 Å². The van der Waals surface area contributed by atoms with Gasteiger partial charge >= 0.3 is 0 Å². The Hall–Kier alpha value is -2.73. The number of anilines is 1. The van der Waals surface area contributed by atoms with Crippen LogP contribution in [-0.4, -0.2) is 44.0 Å². The van der Waals surface area contributed by atoms with Crippen LogP contribution >= 0.6 is 11.6 Å². The Labute approximate surface area is 164 Å². The van der Waals surface area contributed by atoms with Gasteiger partial charge in [-0.1, -0.05) is 11.6 Å². The molecule has 0 atom stereocenters. The third-order valence-electron chi connectivity index (χ3n) is 4.17. The number of amides is 2. The predicted octanol–water partition coefficient (Wildman–Crippen LogP) is 4.09. The molecule has 0 aliphatic heterocycles. The Morgan fingerprint density at radius 3 is 2.04 bits per heavy atom. The van der Waals surface area contributed by atoms with Crippen LogP contribution < -0.4 is 14.8 Å². The zero-order valence-electron chi connectivity index (χ0n) is 15.8. The normalized spacial score (nSPS) is 10.3. The van der Waals surface area contributed by atoms with Gasteiger partial charge in [-0.05, 0) is 38.1 Å². The molecular weight excluding hydrogens is 368 g/mol. The zero-order valence-corrected chi connectivity index (χ0v) is 16.6. The third-order valence-corrected chi connectivity index (χ3v) is 4.46. The molecule has 0 radical (unpaired) electrons. The number of benzene rings is 2. The van der Waals surface area contributed by atoms with E-state index < -0.39 is 0 Å². The van der Waals surface area contributed by atoms with E-state index in [1.807, 2.05) is 13.8 Å². The van der Waals surface area contributed by atoms with Gasteiger partial charge in [0.1, 0.15) is 11.5 Å². The second kappa shape index (κ2) is 9.28. The lowest BCUT2D eigenvalue weighted by Gasteiger charge is -2.18. The Bertz CT molecular complexity index is 817. The van der Waals surface area contributed by atoms with Crippen molar-refractivity contribution >= 4 is 29.1 Å². The number of carbonyl (C=O) groups is 2. The monoisotopic (exact) mass is 390 g/mol. The van der Waals surface area contributed by atoms with Gasteiger partial charge in [0.25, 0.3) is 11.8 Å². The number of hydrogen-bond acceptors (Lipinski definition) is 4. The molecule has 2 aromatic rings. The van der Waals surface area contributed by atoms with Crippen LogP contribution in [0.3, 0.4) is 0 Å². The second-order valence-corrected chi connectivity index (χ2v) is 6.10. The summed E-state index contributed by atoms with van der Waals surface area (Å²) < 4.78 is 10.4. The van der Waals surface area contributed by atoms with Crippen molar-refractivity contribution in [1.29, 1.82) is 0 Å². The Morgan fingerprint density at radius 1 is 0.963 bits per heavy atom. The van der Waals surface area contributed by atoms with Gasteiger partial charge in [-0.25, -0.2) is 0 Å². The van der Waals surface area contributed by atoms with Crippen LogP contribution in [0.2, 0.25) is 5.02 Å². The van der Waals surface area contributed by atoms with Gasteiger partial charge in [0, 0.05) is 36.3 Å².